The van der Waals surface area contributed by atoms with E-state index in [1.54, 1.807) is 30.3 Å². The Balaban J connectivity index is 2.79. The van der Waals surface area contributed by atoms with Crippen molar-refractivity contribution in [3.05, 3.63) is 87.7 Å². The van der Waals surface area contributed by atoms with Gasteiger partial charge in [0.1, 0.15) is 0 Å². The van der Waals surface area contributed by atoms with Gasteiger partial charge in [-0.3, -0.25) is 4.79 Å². The van der Waals surface area contributed by atoms with E-state index in [1.807, 2.05) is 0 Å². The van der Waals surface area contributed by atoms with Crippen molar-refractivity contribution in [1.29, 1.82) is 0 Å². The summed E-state index contributed by atoms with van der Waals surface area (Å²) in [4.78, 5) is 26.9. The third-order valence-corrected chi connectivity index (χ3v) is 3.33. The Hall–Kier alpha value is -2.76. The van der Waals surface area contributed by atoms with Gasteiger partial charge in [0.15, 0.2) is 0 Å². The molecule has 0 atom stereocenters. The monoisotopic (exact) mass is 318 g/mol. The van der Waals surface area contributed by atoms with E-state index in [0.717, 1.165) is 10.6 Å². The van der Waals surface area contributed by atoms with Gasteiger partial charge >= 0.3 is 5.69 Å². The summed E-state index contributed by atoms with van der Waals surface area (Å²) in [5, 5.41) is 0. The number of rotatable bonds is 6. The Kier molecular flexibility index (Phi) is 4.74. The van der Waals surface area contributed by atoms with Crippen LogP contribution in [0.1, 0.15) is 17.7 Å². The zero-order valence-electron chi connectivity index (χ0n) is 12.4. The summed E-state index contributed by atoms with van der Waals surface area (Å²) in [6.07, 6.45) is 1.63. The van der Waals surface area contributed by atoms with E-state index in [0.29, 0.717) is 5.69 Å². The molecule has 1 heterocycles. The fourth-order valence-electron chi connectivity index (χ4n) is 2.31. The third-order valence-electron chi connectivity index (χ3n) is 3.33. The van der Waals surface area contributed by atoms with Crippen LogP contribution in [0.2, 0.25) is 0 Å². The molecular formula is C17H16F2N2O2. The highest BCUT2D eigenvalue weighted by molar-refractivity contribution is 5.34. The Morgan fingerprint density at radius 3 is 2.35 bits per heavy atom. The maximum Gasteiger partial charge on any atom is 0.333 e. The van der Waals surface area contributed by atoms with Crippen LogP contribution in [0.3, 0.4) is 0 Å². The minimum atomic E-state index is -3.38. The van der Waals surface area contributed by atoms with E-state index in [2.05, 4.69) is 18.1 Å². The van der Waals surface area contributed by atoms with Gasteiger partial charge in [0.05, 0.1) is 11.4 Å². The predicted molar refractivity (Wildman–Crippen MR) is 85.3 cm³/mol. The molecule has 0 bridgehead atoms. The maximum atomic E-state index is 14.2. The van der Waals surface area contributed by atoms with Gasteiger partial charge in [0, 0.05) is 12.0 Å². The number of hydrogen-bond donors (Lipinski definition) is 1. The molecule has 0 amide bonds. The molecule has 120 valence electrons. The molecule has 0 unspecified atom stereocenters. The van der Waals surface area contributed by atoms with Gasteiger partial charge in [-0.05, 0) is 18.6 Å². The number of nitrogens with zero attached hydrogens (tertiary/aromatic N) is 1. The van der Waals surface area contributed by atoms with Crippen molar-refractivity contribution in [2.45, 2.75) is 18.8 Å². The van der Waals surface area contributed by atoms with Crippen molar-refractivity contribution >= 4 is 0 Å². The molecule has 2 rings (SSSR count). The van der Waals surface area contributed by atoms with Crippen LogP contribution >= 0.6 is 0 Å². The van der Waals surface area contributed by atoms with Gasteiger partial charge in [0.25, 0.3) is 11.5 Å². The molecule has 0 aliphatic heterocycles. The van der Waals surface area contributed by atoms with E-state index in [4.69, 9.17) is 0 Å². The van der Waals surface area contributed by atoms with Crippen molar-refractivity contribution in [2.75, 3.05) is 0 Å². The zero-order valence-corrected chi connectivity index (χ0v) is 12.4. The molecule has 0 radical (unpaired) electrons. The quantitative estimate of drug-likeness (QED) is 0.833. The van der Waals surface area contributed by atoms with Crippen LogP contribution < -0.4 is 11.2 Å². The summed E-state index contributed by atoms with van der Waals surface area (Å²) in [6, 6.07) is 8.12. The van der Waals surface area contributed by atoms with E-state index in [9.17, 15) is 18.4 Å². The largest absolute Gasteiger partial charge is 0.333 e. The first kappa shape index (κ1) is 16.6. The number of H-pyrrole nitrogens is 1. The molecule has 4 nitrogen and oxygen atoms in total. The van der Waals surface area contributed by atoms with E-state index in [-0.39, 0.29) is 12.0 Å². The highest BCUT2D eigenvalue weighted by Gasteiger charge is 2.35. The number of halogens is 2. The SMILES string of the molecule is C=CCc1c(C(F)(F)CC=C)[nH]c(=O)n(-c2ccccc2)c1=O. The van der Waals surface area contributed by atoms with E-state index in [1.165, 1.54) is 6.08 Å². The second-order valence-electron chi connectivity index (χ2n) is 4.95. The molecule has 0 spiro atoms. The van der Waals surface area contributed by atoms with Crippen molar-refractivity contribution in [3.8, 4) is 5.69 Å². The lowest BCUT2D eigenvalue weighted by atomic mass is 10.0. The summed E-state index contributed by atoms with van der Waals surface area (Å²) < 4.78 is 29.3. The molecule has 0 saturated carbocycles. The zero-order chi connectivity index (χ0) is 17.0. The number of alkyl halides is 2. The fourth-order valence-corrected chi connectivity index (χ4v) is 2.31. The van der Waals surface area contributed by atoms with Crippen molar-refractivity contribution in [2.24, 2.45) is 0 Å². The topological polar surface area (TPSA) is 54.9 Å². The average Bonchev–Trinajstić information content (AvgIpc) is 2.51. The number of allylic oxidation sites excluding steroid dienone is 2. The lowest BCUT2D eigenvalue weighted by Crippen LogP contribution is -2.39. The third kappa shape index (κ3) is 3.21. The van der Waals surface area contributed by atoms with Crippen LogP contribution in [-0.4, -0.2) is 9.55 Å². The van der Waals surface area contributed by atoms with Gasteiger partial charge < -0.3 is 4.98 Å². The first-order valence-electron chi connectivity index (χ1n) is 6.96. The lowest BCUT2D eigenvalue weighted by Gasteiger charge is -2.18. The standard InChI is InChI=1S/C17H16F2N2O2/c1-3-8-13-14(17(18,19)11-4-2)20-16(23)21(15(13)22)12-9-6-5-7-10-12/h3-7,9-10H,1-2,8,11H2,(H,20,23). The minimum Gasteiger partial charge on any atom is -0.305 e. The molecule has 0 aliphatic carbocycles. The lowest BCUT2D eigenvalue weighted by molar-refractivity contribution is -0.00689. The molecule has 2 aromatic rings. The van der Waals surface area contributed by atoms with Crippen LogP contribution in [-0.2, 0) is 12.3 Å². The van der Waals surface area contributed by atoms with Crippen molar-refractivity contribution < 1.29 is 8.78 Å². The van der Waals surface area contributed by atoms with Crippen LogP contribution in [0.5, 0.6) is 0 Å². The predicted octanol–water partition coefficient (Wildman–Crippen LogP) is 2.92. The molecule has 23 heavy (non-hydrogen) atoms. The minimum absolute atomic E-state index is 0.0789. The number of nitrogens with one attached hydrogen (secondary N) is 1. The molecule has 0 aliphatic rings. The van der Waals surface area contributed by atoms with Crippen LogP contribution in [0.4, 0.5) is 8.78 Å². The number of hydrogen-bond acceptors (Lipinski definition) is 2. The molecule has 1 aromatic carbocycles. The molecule has 1 N–H and O–H groups in total. The summed E-state index contributed by atoms with van der Waals surface area (Å²) in [5.74, 6) is -3.38. The van der Waals surface area contributed by atoms with Crippen LogP contribution in [0.15, 0.2) is 65.2 Å². The molecule has 0 fully saturated rings. The van der Waals surface area contributed by atoms with Gasteiger partial charge in [-0.15, -0.1) is 13.2 Å². The van der Waals surface area contributed by atoms with Gasteiger partial charge in [0.2, 0.25) is 0 Å². The van der Waals surface area contributed by atoms with Gasteiger partial charge in [-0.2, -0.15) is 8.78 Å². The fraction of sp³-hybridized carbons (Fsp3) is 0.176. The molecule has 6 heteroatoms. The smallest absolute Gasteiger partial charge is 0.305 e. The highest BCUT2D eigenvalue weighted by Crippen LogP contribution is 2.31. The van der Waals surface area contributed by atoms with Gasteiger partial charge in [-0.1, -0.05) is 30.4 Å². The summed E-state index contributed by atoms with van der Waals surface area (Å²) in [5.41, 5.74) is -2.25. The number of aromatic nitrogens is 2. The van der Waals surface area contributed by atoms with Crippen LogP contribution in [0.25, 0.3) is 5.69 Å². The Morgan fingerprint density at radius 1 is 1.13 bits per heavy atom. The van der Waals surface area contributed by atoms with Crippen molar-refractivity contribution in [1.82, 2.24) is 9.55 Å². The van der Waals surface area contributed by atoms with E-state index < -0.39 is 29.3 Å². The Labute approximate surface area is 131 Å². The normalized spacial score (nSPS) is 11.2. The number of benzene rings is 1. The summed E-state index contributed by atoms with van der Waals surface area (Å²) in [7, 11) is 0. The highest BCUT2D eigenvalue weighted by atomic mass is 19.3. The first-order valence-corrected chi connectivity index (χ1v) is 6.96. The van der Waals surface area contributed by atoms with Crippen molar-refractivity contribution in [3.63, 3.8) is 0 Å². The van der Waals surface area contributed by atoms with Gasteiger partial charge in [-0.25, -0.2) is 9.36 Å². The second kappa shape index (κ2) is 6.56. The molecular weight excluding hydrogens is 302 g/mol. The number of aromatic amines is 1. The Bertz CT molecular complexity index is 836. The number of para-hydroxylation sites is 1. The second-order valence-corrected chi connectivity index (χ2v) is 4.95. The summed E-state index contributed by atoms with van der Waals surface area (Å²) in [6.45, 7) is 6.77. The van der Waals surface area contributed by atoms with E-state index >= 15 is 0 Å². The Morgan fingerprint density at radius 2 is 1.78 bits per heavy atom. The van der Waals surface area contributed by atoms with Crippen LogP contribution in [0, 0.1) is 0 Å². The molecule has 1 aromatic heterocycles. The first-order chi connectivity index (χ1) is 10.9. The maximum absolute atomic E-state index is 14.2. The molecule has 0 saturated heterocycles. The summed E-state index contributed by atoms with van der Waals surface area (Å²) >= 11 is 0. The average molecular weight is 318 g/mol.